The fraction of sp³-hybridized carbons (Fsp3) is 0.0556. The Balaban J connectivity index is 2.00. The molecule has 0 fully saturated rings. The van der Waals surface area contributed by atoms with Gasteiger partial charge in [-0.2, -0.15) is 5.10 Å². The summed E-state index contributed by atoms with van der Waals surface area (Å²) in [6.45, 7) is 0. The van der Waals surface area contributed by atoms with Gasteiger partial charge >= 0.3 is 5.97 Å². The third-order valence-corrected chi connectivity index (χ3v) is 4.17. The number of aromatic carboxylic acids is 1. The molecule has 0 atom stereocenters. The average Bonchev–Trinajstić information content (AvgIpc) is 3.08. The zero-order chi connectivity index (χ0) is 17.6. The Hall–Kier alpha value is -3.61. The number of nitrogens with one attached hydrogen (secondary N) is 1. The summed E-state index contributed by atoms with van der Waals surface area (Å²) in [6.07, 6.45) is 3.29. The van der Waals surface area contributed by atoms with E-state index in [9.17, 15) is 9.59 Å². The van der Waals surface area contributed by atoms with E-state index in [0.29, 0.717) is 11.3 Å². The molecule has 7 nitrogen and oxygen atoms in total. The number of aromatic amines is 1. The molecule has 0 aliphatic carbocycles. The molecule has 4 aromatic rings. The van der Waals surface area contributed by atoms with Gasteiger partial charge in [0.2, 0.25) is 0 Å². The number of rotatable bonds is 3. The zero-order valence-corrected chi connectivity index (χ0v) is 13.2. The standard InChI is InChI=1S/C18H13N3O4/c1-25-16-12(10-2-4-14-11(8-10)9-19-20-14)6-7-21-15(16)5-3-13(17(21)22)18(23)24/h2-9H,1H3,(H,19,20)(H,23,24). The van der Waals surface area contributed by atoms with Crippen LogP contribution in [0.15, 0.2) is 53.6 Å². The molecule has 0 aliphatic heterocycles. The van der Waals surface area contributed by atoms with E-state index >= 15 is 0 Å². The van der Waals surface area contributed by atoms with Gasteiger partial charge in [0.1, 0.15) is 5.56 Å². The monoisotopic (exact) mass is 335 g/mol. The number of nitrogens with zero attached hydrogens (tertiary/aromatic N) is 2. The second-order valence-corrected chi connectivity index (χ2v) is 5.55. The third-order valence-electron chi connectivity index (χ3n) is 4.17. The predicted molar refractivity (Wildman–Crippen MR) is 92.3 cm³/mol. The van der Waals surface area contributed by atoms with E-state index in [2.05, 4.69) is 10.2 Å². The van der Waals surface area contributed by atoms with Crippen LogP contribution >= 0.6 is 0 Å². The first-order chi connectivity index (χ1) is 12.1. The van der Waals surface area contributed by atoms with Gasteiger partial charge in [0, 0.05) is 17.1 Å². The van der Waals surface area contributed by atoms with Gasteiger partial charge in [-0.3, -0.25) is 14.3 Å². The van der Waals surface area contributed by atoms with Crippen molar-refractivity contribution in [2.24, 2.45) is 0 Å². The Morgan fingerprint density at radius 2 is 2.08 bits per heavy atom. The fourth-order valence-electron chi connectivity index (χ4n) is 2.96. The molecule has 0 amide bonds. The molecule has 3 aromatic heterocycles. The van der Waals surface area contributed by atoms with Crippen LogP contribution in [0.4, 0.5) is 0 Å². The van der Waals surface area contributed by atoms with E-state index in [1.165, 1.54) is 17.6 Å². The highest BCUT2D eigenvalue weighted by Crippen LogP contribution is 2.34. The number of benzene rings is 1. The molecular weight excluding hydrogens is 322 g/mol. The molecule has 2 N–H and O–H groups in total. The Morgan fingerprint density at radius 1 is 1.24 bits per heavy atom. The van der Waals surface area contributed by atoms with Crippen molar-refractivity contribution in [2.75, 3.05) is 7.11 Å². The van der Waals surface area contributed by atoms with Crippen molar-refractivity contribution in [2.45, 2.75) is 0 Å². The van der Waals surface area contributed by atoms with Crippen molar-refractivity contribution < 1.29 is 14.6 Å². The van der Waals surface area contributed by atoms with Crippen LogP contribution in [-0.2, 0) is 0 Å². The van der Waals surface area contributed by atoms with Gasteiger partial charge < -0.3 is 9.84 Å². The summed E-state index contributed by atoms with van der Waals surface area (Å²) in [5.74, 6) is -0.757. The summed E-state index contributed by atoms with van der Waals surface area (Å²) in [7, 11) is 1.52. The summed E-state index contributed by atoms with van der Waals surface area (Å²) in [5, 5.41) is 17.0. The lowest BCUT2D eigenvalue weighted by molar-refractivity contribution is 0.0695. The molecule has 0 saturated heterocycles. The largest absolute Gasteiger partial charge is 0.494 e. The first-order valence-electron chi connectivity index (χ1n) is 7.49. The van der Waals surface area contributed by atoms with Gasteiger partial charge in [0.15, 0.2) is 5.75 Å². The first-order valence-corrected chi connectivity index (χ1v) is 7.49. The normalized spacial score (nSPS) is 11.1. The number of carboxylic acids is 1. The molecule has 25 heavy (non-hydrogen) atoms. The van der Waals surface area contributed by atoms with Gasteiger partial charge in [-0.15, -0.1) is 0 Å². The molecule has 7 heteroatoms. The minimum Gasteiger partial charge on any atom is -0.494 e. The topological polar surface area (TPSA) is 96.7 Å². The average molecular weight is 335 g/mol. The lowest BCUT2D eigenvalue weighted by Crippen LogP contribution is -2.21. The Labute approximate surface area is 141 Å². The van der Waals surface area contributed by atoms with Crippen LogP contribution in [0.2, 0.25) is 0 Å². The lowest BCUT2D eigenvalue weighted by Gasteiger charge is -2.13. The number of fused-ring (bicyclic) bond motifs is 2. The molecule has 0 unspecified atom stereocenters. The quantitative estimate of drug-likeness (QED) is 0.600. The van der Waals surface area contributed by atoms with E-state index in [0.717, 1.165) is 22.0 Å². The van der Waals surface area contributed by atoms with Crippen LogP contribution in [0.25, 0.3) is 27.5 Å². The van der Waals surface area contributed by atoms with Crippen molar-refractivity contribution in [3.8, 4) is 16.9 Å². The minimum absolute atomic E-state index is 0.285. The number of carboxylic acid groups (broad SMARTS) is 1. The summed E-state index contributed by atoms with van der Waals surface area (Å²) >= 11 is 0. The van der Waals surface area contributed by atoms with E-state index in [-0.39, 0.29) is 5.56 Å². The summed E-state index contributed by atoms with van der Waals surface area (Å²) in [5.41, 5.74) is 2.25. The molecule has 0 saturated carbocycles. The Bertz CT molecular complexity index is 1190. The van der Waals surface area contributed by atoms with E-state index in [1.807, 2.05) is 18.2 Å². The summed E-state index contributed by atoms with van der Waals surface area (Å²) in [4.78, 5) is 23.5. The first kappa shape index (κ1) is 14.9. The summed E-state index contributed by atoms with van der Waals surface area (Å²) in [6, 6.07) is 10.4. The molecule has 4 rings (SSSR count). The van der Waals surface area contributed by atoms with Crippen LogP contribution < -0.4 is 10.3 Å². The van der Waals surface area contributed by atoms with E-state index in [1.54, 1.807) is 24.5 Å². The van der Waals surface area contributed by atoms with Crippen molar-refractivity contribution in [3.05, 3.63) is 64.7 Å². The lowest BCUT2D eigenvalue weighted by atomic mass is 10.0. The number of ether oxygens (including phenoxy) is 1. The highest BCUT2D eigenvalue weighted by atomic mass is 16.5. The van der Waals surface area contributed by atoms with Crippen molar-refractivity contribution in [1.82, 2.24) is 14.6 Å². The van der Waals surface area contributed by atoms with Gasteiger partial charge in [-0.25, -0.2) is 4.79 Å². The molecule has 1 aromatic carbocycles. The van der Waals surface area contributed by atoms with Crippen molar-refractivity contribution in [1.29, 1.82) is 0 Å². The van der Waals surface area contributed by atoms with Crippen molar-refractivity contribution >= 4 is 22.4 Å². The number of carbonyl (C=O) groups is 1. The van der Waals surface area contributed by atoms with Crippen LogP contribution in [-0.4, -0.2) is 32.8 Å². The maximum atomic E-state index is 12.3. The molecule has 0 aliphatic rings. The second-order valence-electron chi connectivity index (χ2n) is 5.55. The number of aromatic nitrogens is 3. The van der Waals surface area contributed by atoms with Crippen LogP contribution in [0.5, 0.6) is 5.75 Å². The number of H-pyrrole nitrogens is 1. The molecular formula is C18H13N3O4. The maximum Gasteiger partial charge on any atom is 0.341 e. The van der Waals surface area contributed by atoms with Crippen LogP contribution in [0.1, 0.15) is 10.4 Å². The highest BCUT2D eigenvalue weighted by molar-refractivity contribution is 5.90. The SMILES string of the molecule is COc1c(-c2ccc3[nH]ncc3c2)ccn2c(=O)c(C(=O)O)ccc12. The minimum atomic E-state index is -1.26. The van der Waals surface area contributed by atoms with Gasteiger partial charge in [-0.1, -0.05) is 6.07 Å². The number of hydrogen-bond donors (Lipinski definition) is 2. The molecule has 0 radical (unpaired) electrons. The number of hydrogen-bond acceptors (Lipinski definition) is 4. The van der Waals surface area contributed by atoms with Crippen LogP contribution in [0, 0.1) is 0 Å². The maximum absolute atomic E-state index is 12.3. The molecule has 0 bridgehead atoms. The zero-order valence-electron chi connectivity index (χ0n) is 13.2. The van der Waals surface area contributed by atoms with E-state index in [4.69, 9.17) is 9.84 Å². The second kappa shape index (κ2) is 5.48. The number of pyridine rings is 2. The van der Waals surface area contributed by atoms with Gasteiger partial charge in [0.05, 0.1) is 24.3 Å². The van der Waals surface area contributed by atoms with Gasteiger partial charge in [-0.05, 0) is 35.9 Å². The highest BCUT2D eigenvalue weighted by Gasteiger charge is 2.16. The summed E-state index contributed by atoms with van der Waals surface area (Å²) < 4.78 is 6.81. The molecule has 0 spiro atoms. The Kier molecular flexibility index (Phi) is 3.28. The third kappa shape index (κ3) is 2.25. The molecule has 3 heterocycles. The van der Waals surface area contributed by atoms with Crippen LogP contribution in [0.3, 0.4) is 0 Å². The van der Waals surface area contributed by atoms with Gasteiger partial charge in [0.25, 0.3) is 5.56 Å². The fourth-order valence-corrected chi connectivity index (χ4v) is 2.96. The van der Waals surface area contributed by atoms with Crippen molar-refractivity contribution in [3.63, 3.8) is 0 Å². The molecule has 124 valence electrons. The van der Waals surface area contributed by atoms with E-state index < -0.39 is 11.5 Å². The number of methoxy groups -OCH3 is 1. The Morgan fingerprint density at radius 3 is 2.84 bits per heavy atom. The smallest absolute Gasteiger partial charge is 0.341 e. The predicted octanol–water partition coefficient (Wildman–Crippen LogP) is 2.55.